The van der Waals surface area contributed by atoms with Gasteiger partial charge in [-0.15, -0.1) is 0 Å². The number of Topliss-reactive ketones (excluding diaryl/α,β-unsaturated/α-hetero) is 1. The molecule has 0 aromatic heterocycles. The summed E-state index contributed by atoms with van der Waals surface area (Å²) in [5, 5.41) is 0. The molecule has 2 saturated carbocycles. The molecular formula is C13H20O. The molecule has 0 saturated heterocycles. The Morgan fingerprint density at radius 1 is 1.36 bits per heavy atom. The lowest BCUT2D eigenvalue weighted by molar-refractivity contribution is -0.126. The van der Waals surface area contributed by atoms with E-state index in [0.29, 0.717) is 17.6 Å². The molecule has 1 heteroatoms. The molecule has 2 fully saturated rings. The number of fused-ring (bicyclic) bond motifs is 1. The van der Waals surface area contributed by atoms with Crippen LogP contribution >= 0.6 is 0 Å². The Morgan fingerprint density at radius 3 is 2.79 bits per heavy atom. The van der Waals surface area contributed by atoms with Crippen molar-refractivity contribution < 1.29 is 4.79 Å². The fraction of sp³-hybridized carbons (Fsp3) is 0.769. The van der Waals surface area contributed by atoms with Gasteiger partial charge >= 0.3 is 0 Å². The molecule has 0 bridgehead atoms. The molecule has 2 rings (SSSR count). The first-order valence-corrected chi connectivity index (χ1v) is 5.74. The number of carbonyl (C=O) groups excluding carboxylic acids is 1. The molecule has 14 heavy (non-hydrogen) atoms. The van der Waals surface area contributed by atoms with Crippen molar-refractivity contribution in [3.05, 3.63) is 12.2 Å². The fourth-order valence-corrected chi connectivity index (χ4v) is 3.48. The summed E-state index contributed by atoms with van der Waals surface area (Å²) in [5.74, 6) is 1.80. The van der Waals surface area contributed by atoms with E-state index in [9.17, 15) is 4.79 Å². The first-order valence-electron chi connectivity index (χ1n) is 5.74. The van der Waals surface area contributed by atoms with Gasteiger partial charge in [0, 0.05) is 11.8 Å². The number of carbonyl (C=O) groups is 1. The summed E-state index contributed by atoms with van der Waals surface area (Å²) < 4.78 is 0. The molecule has 0 N–H and O–H groups in total. The zero-order chi connectivity index (χ0) is 10.3. The van der Waals surface area contributed by atoms with Crippen LogP contribution in [0.15, 0.2) is 12.2 Å². The van der Waals surface area contributed by atoms with Gasteiger partial charge in [-0.25, -0.2) is 0 Å². The standard InChI is InChI=1S/C13H20O/c1-9-4-5-10(2)11-6-7-12(14)13(11,3)8-9/h10-11H,1,4-8H2,2-3H3/t10-,11+,13+/m1/s1. The number of hydrogen-bond donors (Lipinski definition) is 0. The van der Waals surface area contributed by atoms with Crippen molar-refractivity contribution in [3.8, 4) is 0 Å². The molecule has 0 radical (unpaired) electrons. The summed E-state index contributed by atoms with van der Waals surface area (Å²) in [6.07, 6.45) is 5.22. The summed E-state index contributed by atoms with van der Waals surface area (Å²) in [7, 11) is 0. The van der Waals surface area contributed by atoms with Gasteiger partial charge in [0.2, 0.25) is 0 Å². The molecule has 1 nitrogen and oxygen atoms in total. The topological polar surface area (TPSA) is 17.1 Å². The Balaban J connectivity index is 2.33. The number of hydrogen-bond acceptors (Lipinski definition) is 1. The van der Waals surface area contributed by atoms with Crippen molar-refractivity contribution in [1.29, 1.82) is 0 Å². The van der Waals surface area contributed by atoms with E-state index in [1.807, 2.05) is 0 Å². The van der Waals surface area contributed by atoms with E-state index in [1.165, 1.54) is 12.0 Å². The number of ketones is 1. The maximum atomic E-state index is 11.9. The largest absolute Gasteiger partial charge is 0.299 e. The van der Waals surface area contributed by atoms with Crippen molar-refractivity contribution in [1.82, 2.24) is 0 Å². The van der Waals surface area contributed by atoms with Gasteiger partial charge in [0.05, 0.1) is 0 Å². The van der Waals surface area contributed by atoms with Gasteiger partial charge in [-0.3, -0.25) is 4.79 Å². The normalized spacial score (nSPS) is 43.6. The Hall–Kier alpha value is -0.590. The van der Waals surface area contributed by atoms with Gasteiger partial charge < -0.3 is 0 Å². The summed E-state index contributed by atoms with van der Waals surface area (Å²) in [5.41, 5.74) is 1.23. The monoisotopic (exact) mass is 192 g/mol. The minimum atomic E-state index is -0.0625. The molecule has 0 heterocycles. The van der Waals surface area contributed by atoms with Crippen LogP contribution in [0.1, 0.15) is 46.0 Å². The van der Waals surface area contributed by atoms with Crippen LogP contribution in [-0.4, -0.2) is 5.78 Å². The van der Waals surface area contributed by atoms with Crippen molar-refractivity contribution in [2.75, 3.05) is 0 Å². The second-order valence-electron chi connectivity index (χ2n) is 5.43. The maximum absolute atomic E-state index is 11.9. The lowest BCUT2D eigenvalue weighted by atomic mass is 9.71. The first kappa shape index (κ1) is 9.95. The van der Waals surface area contributed by atoms with E-state index >= 15 is 0 Å². The molecule has 0 spiro atoms. The molecule has 3 atom stereocenters. The third kappa shape index (κ3) is 1.34. The van der Waals surface area contributed by atoms with E-state index in [0.717, 1.165) is 25.7 Å². The third-order valence-corrected chi connectivity index (χ3v) is 4.40. The quantitative estimate of drug-likeness (QED) is 0.538. The van der Waals surface area contributed by atoms with Crippen molar-refractivity contribution in [2.24, 2.45) is 17.3 Å². The summed E-state index contributed by atoms with van der Waals surface area (Å²) >= 11 is 0. The van der Waals surface area contributed by atoms with Crippen LogP contribution in [0.2, 0.25) is 0 Å². The molecule has 78 valence electrons. The molecular weight excluding hydrogens is 172 g/mol. The van der Waals surface area contributed by atoms with Crippen LogP contribution in [0, 0.1) is 17.3 Å². The highest BCUT2D eigenvalue weighted by molar-refractivity contribution is 5.87. The highest BCUT2D eigenvalue weighted by atomic mass is 16.1. The maximum Gasteiger partial charge on any atom is 0.139 e. The average Bonchev–Trinajstić information content (AvgIpc) is 2.33. The lowest BCUT2D eigenvalue weighted by Gasteiger charge is -2.31. The second kappa shape index (κ2) is 3.22. The smallest absolute Gasteiger partial charge is 0.139 e. The molecule has 0 amide bonds. The van der Waals surface area contributed by atoms with Crippen LogP contribution in [0.4, 0.5) is 0 Å². The van der Waals surface area contributed by atoms with Crippen LogP contribution in [-0.2, 0) is 4.79 Å². The predicted octanol–water partition coefficient (Wildman–Crippen LogP) is 3.35. The third-order valence-electron chi connectivity index (χ3n) is 4.40. The highest BCUT2D eigenvalue weighted by Gasteiger charge is 2.48. The van der Waals surface area contributed by atoms with Crippen molar-refractivity contribution >= 4 is 5.78 Å². The molecule has 2 aliphatic rings. The molecule has 0 aliphatic heterocycles. The zero-order valence-corrected chi connectivity index (χ0v) is 9.31. The minimum absolute atomic E-state index is 0.0625. The summed E-state index contributed by atoms with van der Waals surface area (Å²) in [6, 6.07) is 0. The number of rotatable bonds is 0. The van der Waals surface area contributed by atoms with Crippen LogP contribution in [0.5, 0.6) is 0 Å². The average molecular weight is 192 g/mol. The van der Waals surface area contributed by atoms with Gasteiger partial charge in [0.15, 0.2) is 0 Å². The minimum Gasteiger partial charge on any atom is -0.299 e. The molecule has 2 aliphatic carbocycles. The molecule has 0 unspecified atom stereocenters. The number of allylic oxidation sites excluding steroid dienone is 1. The van der Waals surface area contributed by atoms with E-state index in [2.05, 4.69) is 20.4 Å². The van der Waals surface area contributed by atoms with Crippen molar-refractivity contribution in [2.45, 2.75) is 46.0 Å². The fourth-order valence-electron chi connectivity index (χ4n) is 3.48. The van der Waals surface area contributed by atoms with Gasteiger partial charge in [0.25, 0.3) is 0 Å². The Kier molecular flexibility index (Phi) is 2.29. The van der Waals surface area contributed by atoms with E-state index < -0.39 is 0 Å². The second-order valence-corrected chi connectivity index (χ2v) is 5.43. The van der Waals surface area contributed by atoms with Gasteiger partial charge in [-0.2, -0.15) is 0 Å². The van der Waals surface area contributed by atoms with E-state index in [4.69, 9.17) is 0 Å². The summed E-state index contributed by atoms with van der Waals surface area (Å²) in [6.45, 7) is 8.57. The van der Waals surface area contributed by atoms with Gasteiger partial charge in [-0.1, -0.05) is 26.0 Å². The first-order chi connectivity index (χ1) is 6.54. The lowest BCUT2D eigenvalue weighted by Crippen LogP contribution is -2.31. The van der Waals surface area contributed by atoms with Gasteiger partial charge in [0.1, 0.15) is 5.78 Å². The van der Waals surface area contributed by atoms with Crippen LogP contribution < -0.4 is 0 Å². The Bertz CT molecular complexity index is 279. The van der Waals surface area contributed by atoms with E-state index in [1.54, 1.807) is 0 Å². The highest BCUT2D eigenvalue weighted by Crippen LogP contribution is 2.51. The Morgan fingerprint density at radius 2 is 2.07 bits per heavy atom. The van der Waals surface area contributed by atoms with Crippen molar-refractivity contribution in [3.63, 3.8) is 0 Å². The zero-order valence-electron chi connectivity index (χ0n) is 9.31. The predicted molar refractivity (Wildman–Crippen MR) is 58.0 cm³/mol. The van der Waals surface area contributed by atoms with E-state index in [-0.39, 0.29) is 5.41 Å². The molecule has 0 aromatic rings. The van der Waals surface area contributed by atoms with Gasteiger partial charge in [-0.05, 0) is 37.5 Å². The summed E-state index contributed by atoms with van der Waals surface area (Å²) in [4.78, 5) is 11.9. The van der Waals surface area contributed by atoms with Crippen LogP contribution in [0.3, 0.4) is 0 Å². The Labute approximate surface area is 86.6 Å². The molecule has 0 aromatic carbocycles. The van der Waals surface area contributed by atoms with Crippen LogP contribution in [0.25, 0.3) is 0 Å². The SMILES string of the molecule is C=C1CC[C@@H](C)[C@@H]2CCC(=O)[C@@]2(C)C1.